The van der Waals surface area contributed by atoms with Gasteiger partial charge in [-0.1, -0.05) is 30.3 Å². The van der Waals surface area contributed by atoms with Crippen molar-refractivity contribution in [3.63, 3.8) is 0 Å². The zero-order chi connectivity index (χ0) is 15.5. The molecule has 3 nitrogen and oxygen atoms in total. The van der Waals surface area contributed by atoms with Gasteiger partial charge in [-0.25, -0.2) is 4.39 Å². The molecule has 1 saturated heterocycles. The molecule has 122 valence electrons. The van der Waals surface area contributed by atoms with Gasteiger partial charge < -0.3 is 10.6 Å². The summed E-state index contributed by atoms with van der Waals surface area (Å²) in [5.74, 6) is 0.124. The largest absolute Gasteiger partial charge is 0.338 e. The van der Waals surface area contributed by atoms with Gasteiger partial charge in [0.05, 0.1) is 0 Å². The SMILES string of the molecule is Cl.NC[C@@H]1CN(C(=O)c2ccc(F)cc2)C[C@H]1c1ccccc1. The standard InChI is InChI=1S/C18H19FN2O.ClH/c19-16-8-6-14(7-9-16)18(22)21-11-15(10-20)17(12-21)13-4-2-1-3-5-13;/h1-9,15,17H,10-12,20H2;1H/t15-,17+;/m1./s1. The van der Waals surface area contributed by atoms with Crippen LogP contribution >= 0.6 is 12.4 Å². The van der Waals surface area contributed by atoms with Crippen LogP contribution in [0, 0.1) is 11.7 Å². The monoisotopic (exact) mass is 334 g/mol. The molecule has 0 saturated carbocycles. The van der Waals surface area contributed by atoms with Crippen molar-refractivity contribution in [2.75, 3.05) is 19.6 Å². The van der Waals surface area contributed by atoms with Gasteiger partial charge in [0.25, 0.3) is 5.91 Å². The van der Waals surface area contributed by atoms with Gasteiger partial charge in [0, 0.05) is 24.6 Å². The fourth-order valence-corrected chi connectivity index (χ4v) is 3.13. The number of hydrogen-bond acceptors (Lipinski definition) is 2. The average Bonchev–Trinajstić information content (AvgIpc) is 3.00. The lowest BCUT2D eigenvalue weighted by molar-refractivity contribution is 0.0786. The van der Waals surface area contributed by atoms with Crippen LogP contribution in [0.5, 0.6) is 0 Å². The van der Waals surface area contributed by atoms with Crippen molar-refractivity contribution >= 4 is 18.3 Å². The predicted molar refractivity (Wildman–Crippen MR) is 91.3 cm³/mol. The summed E-state index contributed by atoms with van der Waals surface area (Å²) in [6.45, 7) is 1.85. The summed E-state index contributed by atoms with van der Waals surface area (Å²) in [5.41, 5.74) is 7.63. The summed E-state index contributed by atoms with van der Waals surface area (Å²) in [6.07, 6.45) is 0. The summed E-state index contributed by atoms with van der Waals surface area (Å²) >= 11 is 0. The Morgan fingerprint density at radius 2 is 1.74 bits per heavy atom. The summed E-state index contributed by atoms with van der Waals surface area (Å²) in [6, 6.07) is 15.9. The highest BCUT2D eigenvalue weighted by molar-refractivity contribution is 5.94. The molecular formula is C18H20ClFN2O. The summed E-state index contributed by atoms with van der Waals surface area (Å²) in [5, 5.41) is 0. The minimum Gasteiger partial charge on any atom is -0.338 e. The predicted octanol–water partition coefficient (Wildman–Crippen LogP) is 3.06. The van der Waals surface area contributed by atoms with Gasteiger partial charge in [0.15, 0.2) is 0 Å². The Balaban J connectivity index is 0.00000192. The summed E-state index contributed by atoms with van der Waals surface area (Å²) in [4.78, 5) is 14.4. The van der Waals surface area contributed by atoms with Crippen molar-refractivity contribution in [3.05, 3.63) is 71.5 Å². The van der Waals surface area contributed by atoms with Crippen LogP contribution in [0.4, 0.5) is 4.39 Å². The van der Waals surface area contributed by atoms with E-state index in [1.807, 2.05) is 23.1 Å². The zero-order valence-electron chi connectivity index (χ0n) is 12.7. The van der Waals surface area contributed by atoms with Crippen molar-refractivity contribution in [3.8, 4) is 0 Å². The second kappa shape index (κ2) is 7.57. The molecule has 0 spiro atoms. The second-order valence-corrected chi connectivity index (χ2v) is 5.73. The Bertz CT molecular complexity index is 648. The van der Waals surface area contributed by atoms with Gasteiger partial charge in [0.1, 0.15) is 5.82 Å². The fourth-order valence-electron chi connectivity index (χ4n) is 3.13. The molecule has 2 N–H and O–H groups in total. The molecule has 1 amide bonds. The van der Waals surface area contributed by atoms with E-state index in [1.54, 1.807) is 0 Å². The molecule has 2 atom stereocenters. The van der Waals surface area contributed by atoms with Gasteiger partial charge in [-0.2, -0.15) is 0 Å². The van der Waals surface area contributed by atoms with Gasteiger partial charge in [-0.15, -0.1) is 12.4 Å². The Hall–Kier alpha value is -1.91. The third kappa shape index (κ3) is 3.71. The maximum Gasteiger partial charge on any atom is 0.253 e. The van der Waals surface area contributed by atoms with Gasteiger partial charge in [-0.3, -0.25) is 4.79 Å². The molecule has 0 aromatic heterocycles. The number of halogens is 2. The number of carbonyl (C=O) groups is 1. The first kappa shape index (κ1) is 17.4. The Morgan fingerprint density at radius 3 is 2.35 bits per heavy atom. The van der Waals surface area contributed by atoms with Crippen molar-refractivity contribution < 1.29 is 9.18 Å². The lowest BCUT2D eigenvalue weighted by Crippen LogP contribution is -2.29. The number of nitrogens with zero attached hydrogens (tertiary/aromatic N) is 1. The highest BCUT2D eigenvalue weighted by Crippen LogP contribution is 2.32. The highest BCUT2D eigenvalue weighted by Gasteiger charge is 2.35. The van der Waals surface area contributed by atoms with Crippen molar-refractivity contribution in [1.29, 1.82) is 0 Å². The van der Waals surface area contributed by atoms with E-state index in [4.69, 9.17) is 5.73 Å². The molecule has 1 aliphatic rings. The second-order valence-electron chi connectivity index (χ2n) is 5.73. The first-order valence-corrected chi connectivity index (χ1v) is 7.49. The highest BCUT2D eigenvalue weighted by atomic mass is 35.5. The lowest BCUT2D eigenvalue weighted by Gasteiger charge is -2.17. The van der Waals surface area contributed by atoms with E-state index in [-0.39, 0.29) is 36.0 Å². The van der Waals surface area contributed by atoms with Crippen LogP contribution in [0.2, 0.25) is 0 Å². The molecule has 2 aromatic rings. The molecule has 0 bridgehead atoms. The molecular weight excluding hydrogens is 315 g/mol. The van der Waals surface area contributed by atoms with Crippen LogP contribution < -0.4 is 5.73 Å². The normalized spacial score (nSPS) is 20.2. The quantitative estimate of drug-likeness (QED) is 0.937. The average molecular weight is 335 g/mol. The van der Waals surface area contributed by atoms with Gasteiger partial charge in [0.2, 0.25) is 0 Å². The van der Waals surface area contributed by atoms with E-state index in [0.29, 0.717) is 25.2 Å². The molecule has 1 heterocycles. The Labute approximate surface area is 141 Å². The van der Waals surface area contributed by atoms with Crippen LogP contribution in [0.3, 0.4) is 0 Å². The number of likely N-dealkylation sites (tertiary alicyclic amines) is 1. The molecule has 5 heteroatoms. The van der Waals surface area contributed by atoms with E-state index in [9.17, 15) is 9.18 Å². The molecule has 23 heavy (non-hydrogen) atoms. The zero-order valence-corrected chi connectivity index (χ0v) is 13.5. The lowest BCUT2D eigenvalue weighted by atomic mass is 9.89. The maximum absolute atomic E-state index is 13.0. The van der Waals surface area contributed by atoms with Crippen LogP contribution in [0.15, 0.2) is 54.6 Å². The number of benzene rings is 2. The van der Waals surface area contributed by atoms with E-state index in [1.165, 1.54) is 29.8 Å². The molecule has 3 rings (SSSR count). The number of nitrogens with two attached hydrogens (primary N) is 1. The van der Waals surface area contributed by atoms with Crippen LogP contribution in [-0.4, -0.2) is 30.4 Å². The minimum absolute atomic E-state index is 0. The summed E-state index contributed by atoms with van der Waals surface area (Å²) < 4.78 is 13.0. The topological polar surface area (TPSA) is 46.3 Å². The van der Waals surface area contributed by atoms with Gasteiger partial charge in [-0.05, 0) is 42.3 Å². The minimum atomic E-state index is -0.333. The van der Waals surface area contributed by atoms with Crippen LogP contribution in [-0.2, 0) is 0 Å². The molecule has 2 aromatic carbocycles. The van der Waals surface area contributed by atoms with Crippen LogP contribution in [0.1, 0.15) is 21.8 Å². The number of amides is 1. The molecule has 0 unspecified atom stereocenters. The van der Waals surface area contributed by atoms with E-state index < -0.39 is 0 Å². The van der Waals surface area contributed by atoms with Gasteiger partial charge >= 0.3 is 0 Å². The molecule has 0 aliphatic carbocycles. The number of carbonyl (C=O) groups excluding carboxylic acids is 1. The van der Waals surface area contributed by atoms with Crippen molar-refractivity contribution in [2.45, 2.75) is 5.92 Å². The van der Waals surface area contributed by atoms with E-state index in [0.717, 1.165) is 0 Å². The van der Waals surface area contributed by atoms with E-state index in [2.05, 4.69) is 12.1 Å². The summed E-state index contributed by atoms with van der Waals surface area (Å²) in [7, 11) is 0. The Kier molecular flexibility index (Phi) is 5.74. The Morgan fingerprint density at radius 1 is 1.09 bits per heavy atom. The molecule has 1 fully saturated rings. The third-order valence-corrected chi connectivity index (χ3v) is 4.35. The first-order chi connectivity index (χ1) is 10.7. The van der Waals surface area contributed by atoms with E-state index >= 15 is 0 Å². The van der Waals surface area contributed by atoms with Crippen molar-refractivity contribution in [1.82, 2.24) is 4.90 Å². The molecule has 1 aliphatic heterocycles. The molecule has 0 radical (unpaired) electrons. The number of hydrogen-bond donors (Lipinski definition) is 1. The maximum atomic E-state index is 13.0. The van der Waals surface area contributed by atoms with Crippen LogP contribution in [0.25, 0.3) is 0 Å². The first-order valence-electron chi connectivity index (χ1n) is 7.49. The third-order valence-electron chi connectivity index (χ3n) is 4.35. The fraction of sp³-hybridized carbons (Fsp3) is 0.278. The van der Waals surface area contributed by atoms with Crippen molar-refractivity contribution in [2.24, 2.45) is 11.7 Å². The smallest absolute Gasteiger partial charge is 0.253 e. The number of rotatable bonds is 3.